The summed E-state index contributed by atoms with van der Waals surface area (Å²) in [5.74, 6) is 0.744. The Morgan fingerprint density at radius 3 is 3.05 bits per heavy atom. The third-order valence-corrected chi connectivity index (χ3v) is 5.39. The fourth-order valence-corrected chi connectivity index (χ4v) is 3.67. The van der Waals surface area contributed by atoms with Crippen LogP contribution in [0.25, 0.3) is 0 Å². The van der Waals surface area contributed by atoms with E-state index in [0.717, 1.165) is 30.5 Å². The van der Waals surface area contributed by atoms with Crippen LogP contribution in [0.15, 0.2) is 16.0 Å². The van der Waals surface area contributed by atoms with Crippen LogP contribution in [0.1, 0.15) is 26.2 Å². The first-order valence-electron chi connectivity index (χ1n) is 6.66. The molecule has 7 heteroatoms. The van der Waals surface area contributed by atoms with Crippen LogP contribution < -0.4 is 11.3 Å². The average Bonchev–Trinajstić information content (AvgIpc) is 2.38. The molecule has 108 valence electrons. The normalized spacial score (nSPS) is 30.9. The van der Waals surface area contributed by atoms with E-state index in [-0.39, 0.29) is 34.6 Å². The molecule has 3 rings (SSSR count). The van der Waals surface area contributed by atoms with E-state index in [9.17, 15) is 9.59 Å². The highest BCUT2D eigenvalue weighted by Crippen LogP contribution is 2.61. The van der Waals surface area contributed by atoms with Crippen molar-refractivity contribution in [3.8, 4) is 0 Å². The topological polar surface area (TPSA) is 98.1 Å². The van der Waals surface area contributed by atoms with Crippen molar-refractivity contribution in [3.05, 3.63) is 16.4 Å². The summed E-state index contributed by atoms with van der Waals surface area (Å²) in [6.45, 7) is 2.19. The lowest BCUT2D eigenvalue weighted by Crippen LogP contribution is -2.59. The predicted octanol–water partition coefficient (Wildman–Crippen LogP) is 1.18. The Bertz CT molecular complexity index is 603. The number of anilines is 1. The molecular weight excluding hydrogens is 278 g/mol. The number of nitrogens with two attached hydrogens (primary N) is 1. The lowest BCUT2D eigenvalue weighted by atomic mass is 9.47. The van der Waals surface area contributed by atoms with Crippen LogP contribution in [0.2, 0.25) is 0 Å². The minimum atomic E-state index is -0.322. The van der Waals surface area contributed by atoms with Crippen molar-refractivity contribution in [1.82, 2.24) is 9.97 Å². The first kappa shape index (κ1) is 13.5. The molecule has 2 aliphatic rings. The van der Waals surface area contributed by atoms with E-state index >= 15 is 0 Å². The van der Waals surface area contributed by atoms with Gasteiger partial charge in [-0.1, -0.05) is 18.7 Å². The van der Waals surface area contributed by atoms with E-state index in [1.54, 1.807) is 0 Å². The number of carbonyl (C=O) groups is 1. The maximum Gasteiger partial charge on any atom is 0.316 e. The molecule has 0 spiro atoms. The third kappa shape index (κ3) is 2.30. The maximum absolute atomic E-state index is 11.8. The van der Waals surface area contributed by atoms with E-state index in [0.29, 0.717) is 5.16 Å². The van der Waals surface area contributed by atoms with Gasteiger partial charge in [0.05, 0.1) is 5.75 Å². The molecule has 2 aliphatic carbocycles. The number of thioether (sulfide) groups is 1. The van der Waals surface area contributed by atoms with Gasteiger partial charge in [0.15, 0.2) is 5.16 Å². The highest BCUT2D eigenvalue weighted by Gasteiger charge is 2.59. The number of nitrogen functional groups attached to an aromatic ring is 1. The Labute approximate surface area is 120 Å². The minimum absolute atomic E-state index is 0.0576. The van der Waals surface area contributed by atoms with E-state index in [1.165, 1.54) is 12.5 Å². The van der Waals surface area contributed by atoms with Gasteiger partial charge in [0, 0.05) is 11.5 Å². The van der Waals surface area contributed by atoms with Crippen molar-refractivity contribution >= 4 is 23.5 Å². The number of aromatic nitrogens is 2. The second-order valence-electron chi connectivity index (χ2n) is 5.72. The van der Waals surface area contributed by atoms with Gasteiger partial charge in [-0.15, -0.1) is 0 Å². The van der Waals surface area contributed by atoms with Crippen molar-refractivity contribution in [2.45, 2.75) is 37.4 Å². The molecule has 0 amide bonds. The first-order valence-corrected chi connectivity index (χ1v) is 7.65. The summed E-state index contributed by atoms with van der Waals surface area (Å²) in [5.41, 5.74) is 5.37. The highest BCUT2D eigenvalue weighted by molar-refractivity contribution is 7.99. The Kier molecular flexibility index (Phi) is 3.24. The molecule has 6 nitrogen and oxygen atoms in total. The highest BCUT2D eigenvalue weighted by atomic mass is 32.2. The minimum Gasteiger partial charge on any atom is -0.461 e. The molecular formula is C13H17N3O3S. The molecule has 1 heterocycles. The van der Waals surface area contributed by atoms with E-state index in [4.69, 9.17) is 10.5 Å². The number of esters is 1. The zero-order chi connectivity index (χ0) is 14.3. The number of aromatic amines is 1. The van der Waals surface area contributed by atoms with Gasteiger partial charge < -0.3 is 15.5 Å². The van der Waals surface area contributed by atoms with Gasteiger partial charge in [-0.25, -0.2) is 4.98 Å². The lowest BCUT2D eigenvalue weighted by molar-refractivity contribution is -0.205. The molecule has 0 bridgehead atoms. The summed E-state index contributed by atoms with van der Waals surface area (Å²) >= 11 is 1.13. The zero-order valence-corrected chi connectivity index (χ0v) is 12.0. The van der Waals surface area contributed by atoms with Gasteiger partial charge in [0.2, 0.25) is 0 Å². The second-order valence-corrected chi connectivity index (χ2v) is 6.68. The second kappa shape index (κ2) is 4.80. The number of hydrogen-bond donors (Lipinski definition) is 2. The number of hydrogen-bond acceptors (Lipinski definition) is 6. The first-order chi connectivity index (χ1) is 9.47. The third-order valence-electron chi connectivity index (χ3n) is 4.54. The van der Waals surface area contributed by atoms with Crippen molar-refractivity contribution in [2.75, 3.05) is 11.5 Å². The van der Waals surface area contributed by atoms with Crippen LogP contribution in [0.3, 0.4) is 0 Å². The fourth-order valence-electron chi connectivity index (χ4n) is 3.01. The summed E-state index contributed by atoms with van der Waals surface area (Å²) in [5, 5.41) is 0.341. The average molecular weight is 295 g/mol. The number of nitrogens with zero attached hydrogens (tertiary/aromatic N) is 1. The van der Waals surface area contributed by atoms with Gasteiger partial charge in [0.1, 0.15) is 11.9 Å². The summed E-state index contributed by atoms with van der Waals surface area (Å²) in [7, 11) is 0. The maximum atomic E-state index is 11.8. The summed E-state index contributed by atoms with van der Waals surface area (Å²) in [4.78, 5) is 29.5. The molecule has 0 aromatic carbocycles. The molecule has 3 N–H and O–H groups in total. The number of rotatable bonds is 4. The van der Waals surface area contributed by atoms with Crippen LogP contribution in [-0.4, -0.2) is 27.8 Å². The van der Waals surface area contributed by atoms with E-state index in [1.807, 2.05) is 0 Å². The molecule has 1 aromatic heterocycles. The lowest BCUT2D eigenvalue weighted by Gasteiger charge is -2.61. The largest absolute Gasteiger partial charge is 0.461 e. The Hall–Kier alpha value is -1.50. The van der Waals surface area contributed by atoms with Crippen LogP contribution in [0.4, 0.5) is 5.82 Å². The Balaban J connectivity index is 1.51. The van der Waals surface area contributed by atoms with Gasteiger partial charge in [-0.3, -0.25) is 9.59 Å². The predicted molar refractivity (Wildman–Crippen MR) is 75.3 cm³/mol. The molecule has 1 aromatic rings. The van der Waals surface area contributed by atoms with Gasteiger partial charge in [0.25, 0.3) is 5.56 Å². The molecule has 0 saturated heterocycles. The summed E-state index contributed by atoms with van der Waals surface area (Å²) < 4.78 is 5.49. The van der Waals surface area contributed by atoms with Gasteiger partial charge in [-0.05, 0) is 25.2 Å². The van der Waals surface area contributed by atoms with Crippen LogP contribution in [0.5, 0.6) is 0 Å². The van der Waals surface area contributed by atoms with Crippen molar-refractivity contribution in [1.29, 1.82) is 0 Å². The molecule has 2 fully saturated rings. The number of fused-ring (bicyclic) bond motifs is 1. The molecule has 0 radical (unpaired) electrons. The van der Waals surface area contributed by atoms with Crippen LogP contribution >= 0.6 is 11.8 Å². The van der Waals surface area contributed by atoms with Gasteiger partial charge in [-0.2, -0.15) is 0 Å². The molecule has 0 aliphatic heterocycles. The summed E-state index contributed by atoms with van der Waals surface area (Å²) in [6.07, 6.45) is 3.45. The molecule has 20 heavy (non-hydrogen) atoms. The quantitative estimate of drug-likeness (QED) is 0.491. The smallest absolute Gasteiger partial charge is 0.316 e. The zero-order valence-electron chi connectivity index (χ0n) is 11.2. The van der Waals surface area contributed by atoms with Crippen LogP contribution in [-0.2, 0) is 9.53 Å². The molecule has 3 atom stereocenters. The SMILES string of the molecule is C[C@]12CC[C@@H]1C[C@@H]2OC(=O)CSc1nc(N)cc(=O)[nH]1. The van der Waals surface area contributed by atoms with Crippen molar-refractivity contribution < 1.29 is 9.53 Å². The van der Waals surface area contributed by atoms with Gasteiger partial charge >= 0.3 is 5.97 Å². The van der Waals surface area contributed by atoms with E-state index < -0.39 is 0 Å². The monoisotopic (exact) mass is 295 g/mol. The Morgan fingerprint density at radius 2 is 2.50 bits per heavy atom. The van der Waals surface area contributed by atoms with Crippen LogP contribution in [0, 0.1) is 11.3 Å². The molecule has 2 saturated carbocycles. The number of nitrogens with one attached hydrogen (secondary N) is 1. The van der Waals surface area contributed by atoms with E-state index in [2.05, 4.69) is 16.9 Å². The molecule has 0 unspecified atom stereocenters. The number of carbonyl (C=O) groups excluding carboxylic acids is 1. The fraction of sp³-hybridized carbons (Fsp3) is 0.615. The standard InChI is InChI=1S/C13H17N3O3S/c1-13-3-2-7(13)4-8(13)19-11(18)6-20-12-15-9(14)5-10(17)16-12/h5,7-8H,2-4,6H2,1H3,(H3,14,15,16,17)/t7-,8+,13+/m1/s1. The number of H-pyrrole nitrogens is 1. The summed E-state index contributed by atoms with van der Waals surface area (Å²) in [6, 6.07) is 1.20. The number of ether oxygens (including phenoxy) is 1. The van der Waals surface area contributed by atoms with Crippen molar-refractivity contribution in [3.63, 3.8) is 0 Å². The van der Waals surface area contributed by atoms with Crippen molar-refractivity contribution in [2.24, 2.45) is 11.3 Å². The Morgan fingerprint density at radius 1 is 1.70 bits per heavy atom.